The molecular weight excluding hydrogens is 270 g/mol. The molecule has 112 valence electrons. The summed E-state index contributed by atoms with van der Waals surface area (Å²) in [6.45, 7) is 3.23. The minimum absolute atomic E-state index is 0.0146. The summed E-state index contributed by atoms with van der Waals surface area (Å²) in [7, 11) is 1.28. The average molecular weight is 288 g/mol. The lowest BCUT2D eigenvalue weighted by Gasteiger charge is -2.26. The fourth-order valence-electron chi connectivity index (χ4n) is 2.10. The first-order chi connectivity index (χ1) is 9.16. The Labute approximate surface area is 116 Å². The van der Waals surface area contributed by atoms with Crippen LogP contribution in [0, 0.1) is 17.0 Å². The molecule has 0 radical (unpaired) electrons. The smallest absolute Gasteiger partial charge is 0.303 e. The summed E-state index contributed by atoms with van der Waals surface area (Å²) >= 11 is 0. The van der Waals surface area contributed by atoms with Gasteiger partial charge in [0.2, 0.25) is 0 Å². The third kappa shape index (κ3) is 4.16. The van der Waals surface area contributed by atoms with E-state index in [0.717, 1.165) is 12.1 Å². The number of ether oxygens (including phenoxy) is 1. The Bertz CT molecular complexity index is 477. The molecular formula is C14H18F2O4. The van der Waals surface area contributed by atoms with Gasteiger partial charge in [0.15, 0.2) is 0 Å². The summed E-state index contributed by atoms with van der Waals surface area (Å²) < 4.78 is 32.3. The SMILES string of the molecule is COc1cc(F)c(C(O)CC(C)(C)CC(=O)O)c(F)c1. The van der Waals surface area contributed by atoms with Crippen LogP contribution in [0.3, 0.4) is 0 Å². The van der Waals surface area contributed by atoms with Crippen LogP contribution in [-0.2, 0) is 4.79 Å². The zero-order valence-corrected chi connectivity index (χ0v) is 11.6. The van der Waals surface area contributed by atoms with E-state index in [1.54, 1.807) is 13.8 Å². The number of aliphatic carboxylic acids is 1. The molecule has 0 heterocycles. The normalized spacial score (nSPS) is 13.1. The third-order valence-corrected chi connectivity index (χ3v) is 3.00. The second-order valence-electron chi connectivity index (χ2n) is 5.46. The molecule has 1 rings (SSSR count). The van der Waals surface area contributed by atoms with Crippen molar-refractivity contribution in [3.63, 3.8) is 0 Å². The highest BCUT2D eigenvalue weighted by Gasteiger charge is 2.29. The molecule has 0 bridgehead atoms. The zero-order chi connectivity index (χ0) is 15.5. The Balaban J connectivity index is 2.98. The Morgan fingerprint density at radius 2 is 1.85 bits per heavy atom. The Kier molecular flexibility index (Phi) is 5.05. The van der Waals surface area contributed by atoms with Gasteiger partial charge in [0.05, 0.1) is 25.2 Å². The summed E-state index contributed by atoms with van der Waals surface area (Å²) in [5, 5.41) is 18.7. The van der Waals surface area contributed by atoms with Gasteiger partial charge in [0.25, 0.3) is 0 Å². The van der Waals surface area contributed by atoms with Crippen LogP contribution in [-0.4, -0.2) is 23.3 Å². The number of aliphatic hydroxyl groups excluding tert-OH is 1. The van der Waals surface area contributed by atoms with Crippen LogP contribution in [0.25, 0.3) is 0 Å². The summed E-state index contributed by atoms with van der Waals surface area (Å²) in [5.41, 5.74) is -1.26. The maximum atomic E-state index is 13.8. The van der Waals surface area contributed by atoms with Crippen molar-refractivity contribution in [1.82, 2.24) is 0 Å². The molecule has 1 aromatic rings. The lowest BCUT2D eigenvalue weighted by Crippen LogP contribution is -2.21. The van der Waals surface area contributed by atoms with E-state index in [4.69, 9.17) is 9.84 Å². The largest absolute Gasteiger partial charge is 0.497 e. The van der Waals surface area contributed by atoms with Crippen molar-refractivity contribution in [2.75, 3.05) is 7.11 Å². The van der Waals surface area contributed by atoms with Crippen molar-refractivity contribution >= 4 is 5.97 Å². The molecule has 20 heavy (non-hydrogen) atoms. The van der Waals surface area contributed by atoms with Gasteiger partial charge in [-0.05, 0) is 11.8 Å². The fourth-order valence-corrected chi connectivity index (χ4v) is 2.10. The number of rotatable bonds is 6. The molecule has 0 aliphatic heterocycles. The van der Waals surface area contributed by atoms with Gasteiger partial charge in [0, 0.05) is 12.1 Å². The molecule has 0 saturated heterocycles. The summed E-state index contributed by atoms with van der Waals surface area (Å²) in [4.78, 5) is 10.7. The van der Waals surface area contributed by atoms with Gasteiger partial charge >= 0.3 is 5.97 Å². The minimum atomic E-state index is -1.42. The van der Waals surface area contributed by atoms with Gasteiger partial charge in [-0.25, -0.2) is 8.78 Å². The quantitative estimate of drug-likeness (QED) is 0.844. The topological polar surface area (TPSA) is 66.8 Å². The molecule has 0 fully saturated rings. The van der Waals surface area contributed by atoms with Crippen LogP contribution >= 0.6 is 0 Å². The van der Waals surface area contributed by atoms with Crippen LogP contribution in [0.15, 0.2) is 12.1 Å². The van der Waals surface area contributed by atoms with Gasteiger partial charge in [-0.15, -0.1) is 0 Å². The van der Waals surface area contributed by atoms with E-state index in [1.165, 1.54) is 7.11 Å². The number of methoxy groups -OCH3 is 1. The van der Waals surface area contributed by atoms with E-state index in [1.807, 2.05) is 0 Å². The highest BCUT2D eigenvalue weighted by atomic mass is 19.1. The highest BCUT2D eigenvalue weighted by molar-refractivity contribution is 5.67. The number of carboxylic acid groups (broad SMARTS) is 1. The molecule has 0 aliphatic carbocycles. The Hall–Kier alpha value is -1.69. The average Bonchev–Trinajstić information content (AvgIpc) is 2.24. The number of carbonyl (C=O) groups is 1. The van der Waals surface area contributed by atoms with Crippen molar-refractivity contribution in [2.45, 2.75) is 32.8 Å². The number of aliphatic hydroxyl groups is 1. The first-order valence-corrected chi connectivity index (χ1v) is 6.09. The van der Waals surface area contributed by atoms with Gasteiger partial charge in [-0.2, -0.15) is 0 Å². The number of carboxylic acids is 1. The second kappa shape index (κ2) is 6.17. The molecule has 4 nitrogen and oxygen atoms in total. The monoisotopic (exact) mass is 288 g/mol. The Morgan fingerprint density at radius 1 is 1.35 bits per heavy atom. The minimum Gasteiger partial charge on any atom is -0.497 e. The highest BCUT2D eigenvalue weighted by Crippen LogP contribution is 2.35. The molecule has 1 aromatic carbocycles. The fraction of sp³-hybridized carbons (Fsp3) is 0.500. The lowest BCUT2D eigenvalue weighted by molar-refractivity contribution is -0.139. The molecule has 0 saturated carbocycles. The number of hydrogen-bond donors (Lipinski definition) is 2. The molecule has 0 aliphatic rings. The van der Waals surface area contributed by atoms with Crippen molar-refractivity contribution in [2.24, 2.45) is 5.41 Å². The third-order valence-electron chi connectivity index (χ3n) is 3.00. The van der Waals surface area contributed by atoms with E-state index < -0.39 is 34.7 Å². The van der Waals surface area contributed by atoms with E-state index in [2.05, 4.69) is 0 Å². The van der Waals surface area contributed by atoms with Crippen molar-refractivity contribution < 1.29 is 28.5 Å². The van der Waals surface area contributed by atoms with Crippen molar-refractivity contribution in [3.8, 4) is 5.75 Å². The van der Waals surface area contributed by atoms with Crippen molar-refractivity contribution in [3.05, 3.63) is 29.3 Å². The molecule has 6 heteroatoms. The van der Waals surface area contributed by atoms with Gasteiger partial charge in [0.1, 0.15) is 17.4 Å². The second-order valence-corrected chi connectivity index (χ2v) is 5.46. The van der Waals surface area contributed by atoms with Gasteiger partial charge in [-0.1, -0.05) is 13.8 Å². The number of benzene rings is 1. The first-order valence-electron chi connectivity index (χ1n) is 6.09. The van der Waals surface area contributed by atoms with Crippen LogP contribution in [0.4, 0.5) is 8.78 Å². The van der Waals surface area contributed by atoms with Crippen LogP contribution in [0.5, 0.6) is 5.75 Å². The van der Waals surface area contributed by atoms with Gasteiger partial charge in [-0.3, -0.25) is 4.79 Å². The lowest BCUT2D eigenvalue weighted by atomic mass is 9.81. The van der Waals surface area contributed by atoms with E-state index in [0.29, 0.717) is 0 Å². The van der Waals surface area contributed by atoms with E-state index >= 15 is 0 Å². The summed E-state index contributed by atoms with van der Waals surface area (Å²) in [6, 6.07) is 1.96. The predicted molar refractivity (Wildman–Crippen MR) is 68.5 cm³/mol. The van der Waals surface area contributed by atoms with Crippen molar-refractivity contribution in [1.29, 1.82) is 0 Å². The molecule has 0 amide bonds. The maximum absolute atomic E-state index is 13.8. The first kappa shape index (κ1) is 16.4. The van der Waals surface area contributed by atoms with E-state index in [-0.39, 0.29) is 18.6 Å². The predicted octanol–water partition coefficient (Wildman–Crippen LogP) is 2.90. The van der Waals surface area contributed by atoms with E-state index in [9.17, 15) is 18.7 Å². The van der Waals surface area contributed by atoms with Crippen LogP contribution < -0.4 is 4.74 Å². The molecule has 0 spiro atoms. The molecule has 1 atom stereocenters. The van der Waals surface area contributed by atoms with Crippen LogP contribution in [0.2, 0.25) is 0 Å². The summed E-state index contributed by atoms with van der Waals surface area (Å²) in [6.07, 6.45) is -1.70. The summed E-state index contributed by atoms with van der Waals surface area (Å²) in [5.74, 6) is -2.85. The molecule has 1 unspecified atom stereocenters. The number of halogens is 2. The zero-order valence-electron chi connectivity index (χ0n) is 11.6. The molecule has 2 N–H and O–H groups in total. The maximum Gasteiger partial charge on any atom is 0.303 e. The standard InChI is InChI=1S/C14H18F2O4/c1-14(2,7-12(18)19)6-11(17)13-9(15)4-8(20-3)5-10(13)16/h4-5,11,17H,6-7H2,1-3H3,(H,18,19). The molecule has 0 aromatic heterocycles. The van der Waals surface area contributed by atoms with Gasteiger partial charge < -0.3 is 14.9 Å². The Morgan fingerprint density at radius 3 is 2.25 bits per heavy atom. The van der Waals surface area contributed by atoms with Crippen LogP contribution in [0.1, 0.15) is 38.4 Å². The number of hydrogen-bond acceptors (Lipinski definition) is 3.